The smallest absolute Gasteiger partial charge is 0.255 e. The molecule has 0 spiro atoms. The molecule has 2 aromatic rings. The standard InChI is InChI=1S/C15H23N5O/c1-5-7-13(14-16-8-9-19(14)4)18-15(21)12-10-17-20(6-2)11(12)3/h8-10,13H,5-7H2,1-4H3,(H,18,21). The Balaban J connectivity index is 2.18. The maximum atomic E-state index is 12.5. The van der Waals surface area contributed by atoms with Crippen LogP contribution in [-0.4, -0.2) is 25.2 Å². The van der Waals surface area contributed by atoms with E-state index in [2.05, 4.69) is 22.3 Å². The van der Waals surface area contributed by atoms with Crippen LogP contribution in [0.25, 0.3) is 0 Å². The van der Waals surface area contributed by atoms with Gasteiger partial charge in [0.25, 0.3) is 5.91 Å². The van der Waals surface area contributed by atoms with Gasteiger partial charge in [0.1, 0.15) is 5.82 Å². The van der Waals surface area contributed by atoms with Crippen molar-refractivity contribution in [2.24, 2.45) is 7.05 Å². The highest BCUT2D eigenvalue weighted by Gasteiger charge is 2.21. The zero-order valence-electron chi connectivity index (χ0n) is 13.1. The third-order valence-electron chi connectivity index (χ3n) is 3.70. The fourth-order valence-corrected chi connectivity index (χ4v) is 2.49. The largest absolute Gasteiger partial charge is 0.342 e. The number of rotatable bonds is 6. The van der Waals surface area contributed by atoms with Gasteiger partial charge in [-0.3, -0.25) is 9.48 Å². The summed E-state index contributed by atoms with van der Waals surface area (Å²) in [7, 11) is 1.94. The van der Waals surface area contributed by atoms with Crippen LogP contribution in [0, 0.1) is 6.92 Å². The van der Waals surface area contributed by atoms with Gasteiger partial charge in [0.2, 0.25) is 0 Å². The van der Waals surface area contributed by atoms with E-state index in [1.54, 1.807) is 12.4 Å². The summed E-state index contributed by atoms with van der Waals surface area (Å²) in [6.45, 7) is 6.79. The lowest BCUT2D eigenvalue weighted by atomic mass is 10.1. The van der Waals surface area contributed by atoms with Crippen LogP contribution in [0.15, 0.2) is 18.6 Å². The molecule has 2 rings (SSSR count). The van der Waals surface area contributed by atoms with E-state index in [1.165, 1.54) is 0 Å². The third-order valence-corrected chi connectivity index (χ3v) is 3.70. The molecular weight excluding hydrogens is 266 g/mol. The molecule has 2 heterocycles. The second-order valence-corrected chi connectivity index (χ2v) is 5.17. The van der Waals surface area contributed by atoms with E-state index in [9.17, 15) is 4.79 Å². The molecule has 0 radical (unpaired) electrons. The summed E-state index contributed by atoms with van der Waals surface area (Å²) < 4.78 is 3.77. The van der Waals surface area contributed by atoms with Gasteiger partial charge in [-0.25, -0.2) is 4.98 Å². The van der Waals surface area contributed by atoms with E-state index < -0.39 is 0 Å². The lowest BCUT2D eigenvalue weighted by molar-refractivity contribution is 0.0931. The minimum atomic E-state index is -0.0892. The SMILES string of the molecule is CCCC(NC(=O)c1cnn(CC)c1C)c1nccn1C. The molecule has 21 heavy (non-hydrogen) atoms. The first-order valence-electron chi connectivity index (χ1n) is 7.38. The van der Waals surface area contributed by atoms with Gasteiger partial charge in [-0.1, -0.05) is 13.3 Å². The lowest BCUT2D eigenvalue weighted by Crippen LogP contribution is -2.30. The number of carbonyl (C=O) groups is 1. The number of imidazole rings is 1. The van der Waals surface area contributed by atoms with Crippen molar-refractivity contribution in [2.75, 3.05) is 0 Å². The number of carbonyl (C=O) groups excluding carboxylic acids is 1. The number of nitrogens with one attached hydrogen (secondary N) is 1. The van der Waals surface area contributed by atoms with Crippen LogP contribution in [0.5, 0.6) is 0 Å². The van der Waals surface area contributed by atoms with Crippen LogP contribution < -0.4 is 5.32 Å². The van der Waals surface area contributed by atoms with Crippen LogP contribution in [0.3, 0.4) is 0 Å². The van der Waals surface area contributed by atoms with Gasteiger partial charge < -0.3 is 9.88 Å². The van der Waals surface area contributed by atoms with E-state index in [0.717, 1.165) is 30.9 Å². The summed E-state index contributed by atoms with van der Waals surface area (Å²) in [4.78, 5) is 16.8. The van der Waals surface area contributed by atoms with Crippen molar-refractivity contribution in [3.05, 3.63) is 35.7 Å². The van der Waals surface area contributed by atoms with E-state index in [1.807, 2.05) is 36.3 Å². The Morgan fingerprint density at radius 3 is 2.71 bits per heavy atom. The first-order chi connectivity index (χ1) is 10.1. The van der Waals surface area contributed by atoms with Crippen LogP contribution in [-0.2, 0) is 13.6 Å². The molecule has 6 heteroatoms. The predicted molar refractivity (Wildman–Crippen MR) is 81.0 cm³/mol. The predicted octanol–water partition coefficient (Wildman–Crippen LogP) is 2.22. The quantitative estimate of drug-likeness (QED) is 0.886. The molecular formula is C15H23N5O. The molecule has 0 fully saturated rings. The van der Waals surface area contributed by atoms with Crippen molar-refractivity contribution >= 4 is 5.91 Å². The number of aryl methyl sites for hydroxylation is 2. The molecule has 1 unspecified atom stereocenters. The van der Waals surface area contributed by atoms with E-state index >= 15 is 0 Å². The molecule has 0 saturated carbocycles. The second kappa shape index (κ2) is 6.56. The zero-order valence-corrected chi connectivity index (χ0v) is 13.1. The number of aromatic nitrogens is 4. The topological polar surface area (TPSA) is 64.7 Å². The van der Waals surface area contributed by atoms with Crippen LogP contribution in [0.4, 0.5) is 0 Å². The summed E-state index contributed by atoms with van der Waals surface area (Å²) in [6, 6.07) is -0.0770. The molecule has 1 atom stereocenters. The summed E-state index contributed by atoms with van der Waals surface area (Å²) in [6.07, 6.45) is 7.12. The summed E-state index contributed by atoms with van der Waals surface area (Å²) in [5.74, 6) is 0.791. The maximum Gasteiger partial charge on any atom is 0.255 e. The zero-order chi connectivity index (χ0) is 15.4. The molecule has 0 bridgehead atoms. The number of hydrogen-bond acceptors (Lipinski definition) is 3. The first-order valence-corrected chi connectivity index (χ1v) is 7.38. The Labute approximate surface area is 125 Å². The van der Waals surface area contributed by atoms with Crippen molar-refractivity contribution < 1.29 is 4.79 Å². The Hall–Kier alpha value is -2.11. The van der Waals surface area contributed by atoms with Gasteiger partial charge in [0, 0.05) is 31.7 Å². The number of nitrogens with zero attached hydrogens (tertiary/aromatic N) is 4. The summed E-state index contributed by atoms with van der Waals surface area (Å²) in [5.41, 5.74) is 1.53. The molecule has 0 aromatic carbocycles. The van der Waals surface area contributed by atoms with Crippen molar-refractivity contribution in [2.45, 2.75) is 46.2 Å². The first kappa shape index (κ1) is 15.3. The minimum absolute atomic E-state index is 0.0770. The maximum absolute atomic E-state index is 12.5. The van der Waals surface area contributed by atoms with Crippen LogP contribution >= 0.6 is 0 Å². The van der Waals surface area contributed by atoms with Crippen molar-refractivity contribution in [1.29, 1.82) is 0 Å². The normalized spacial score (nSPS) is 12.4. The molecule has 114 valence electrons. The van der Waals surface area contributed by atoms with Gasteiger partial charge >= 0.3 is 0 Å². The highest BCUT2D eigenvalue weighted by Crippen LogP contribution is 2.17. The number of amides is 1. The van der Waals surface area contributed by atoms with Gasteiger partial charge in [-0.05, 0) is 20.3 Å². The average Bonchev–Trinajstić information content (AvgIpc) is 3.04. The monoisotopic (exact) mass is 289 g/mol. The molecule has 2 aromatic heterocycles. The third kappa shape index (κ3) is 3.15. The molecule has 1 N–H and O–H groups in total. The van der Waals surface area contributed by atoms with E-state index in [0.29, 0.717) is 5.56 Å². The minimum Gasteiger partial charge on any atom is -0.342 e. The summed E-state index contributed by atoms with van der Waals surface area (Å²) in [5, 5.41) is 7.30. The Kier molecular flexibility index (Phi) is 4.77. The highest BCUT2D eigenvalue weighted by atomic mass is 16.1. The van der Waals surface area contributed by atoms with Crippen molar-refractivity contribution in [3.63, 3.8) is 0 Å². The molecule has 0 saturated heterocycles. The van der Waals surface area contributed by atoms with E-state index in [4.69, 9.17) is 0 Å². The lowest BCUT2D eigenvalue weighted by Gasteiger charge is -2.17. The molecule has 0 aliphatic rings. The Morgan fingerprint density at radius 2 is 2.19 bits per heavy atom. The van der Waals surface area contributed by atoms with Gasteiger partial charge in [0.05, 0.1) is 17.8 Å². The number of hydrogen-bond donors (Lipinski definition) is 1. The Bertz CT molecular complexity index is 613. The van der Waals surface area contributed by atoms with Crippen molar-refractivity contribution in [1.82, 2.24) is 24.6 Å². The average molecular weight is 289 g/mol. The molecule has 0 aliphatic heterocycles. The highest BCUT2D eigenvalue weighted by molar-refractivity contribution is 5.95. The van der Waals surface area contributed by atoms with E-state index in [-0.39, 0.29) is 11.9 Å². The van der Waals surface area contributed by atoms with Crippen LogP contribution in [0.2, 0.25) is 0 Å². The van der Waals surface area contributed by atoms with Gasteiger partial charge in [0.15, 0.2) is 0 Å². The summed E-state index contributed by atoms with van der Waals surface area (Å²) >= 11 is 0. The molecule has 1 amide bonds. The molecule has 6 nitrogen and oxygen atoms in total. The van der Waals surface area contributed by atoms with Crippen molar-refractivity contribution in [3.8, 4) is 0 Å². The fourth-order valence-electron chi connectivity index (χ4n) is 2.49. The van der Waals surface area contributed by atoms with Gasteiger partial charge in [-0.2, -0.15) is 5.10 Å². The Morgan fingerprint density at radius 1 is 1.43 bits per heavy atom. The second-order valence-electron chi connectivity index (χ2n) is 5.17. The fraction of sp³-hybridized carbons (Fsp3) is 0.533. The van der Waals surface area contributed by atoms with Gasteiger partial charge in [-0.15, -0.1) is 0 Å². The molecule has 0 aliphatic carbocycles. The van der Waals surface area contributed by atoms with Crippen LogP contribution in [0.1, 0.15) is 54.6 Å².